The lowest BCUT2D eigenvalue weighted by Crippen LogP contribution is -2.31. The van der Waals surface area contributed by atoms with E-state index in [1.807, 2.05) is 0 Å². The molecule has 1 aromatic carbocycles. The van der Waals surface area contributed by atoms with Crippen LogP contribution in [-0.4, -0.2) is 18.2 Å². The summed E-state index contributed by atoms with van der Waals surface area (Å²) in [5.74, 6) is -1.68. The van der Waals surface area contributed by atoms with Crippen molar-refractivity contribution in [3.63, 3.8) is 0 Å². The molecule has 1 heterocycles. The van der Waals surface area contributed by atoms with Crippen molar-refractivity contribution in [2.24, 2.45) is 0 Å². The standard InChI is InChI=1S/C14H16FNO2/c1-3-4-5-6-16-12-10(13(17)14(16)18)7-9(2)8-11(12)15/h7-8H,3-6H2,1-2H3. The molecule has 0 aliphatic carbocycles. The highest BCUT2D eigenvalue weighted by molar-refractivity contribution is 6.52. The molecule has 0 fully saturated rings. The summed E-state index contributed by atoms with van der Waals surface area (Å²) >= 11 is 0. The molecule has 18 heavy (non-hydrogen) atoms. The lowest BCUT2D eigenvalue weighted by Gasteiger charge is -2.16. The molecule has 1 aromatic rings. The van der Waals surface area contributed by atoms with Gasteiger partial charge in [0, 0.05) is 6.54 Å². The van der Waals surface area contributed by atoms with Crippen molar-refractivity contribution in [1.29, 1.82) is 0 Å². The van der Waals surface area contributed by atoms with Crippen molar-refractivity contribution in [2.45, 2.75) is 33.1 Å². The summed E-state index contributed by atoms with van der Waals surface area (Å²) in [7, 11) is 0. The van der Waals surface area contributed by atoms with E-state index >= 15 is 0 Å². The SMILES string of the molecule is CCCCCN1C(=O)C(=O)c2cc(C)cc(F)c21. The minimum Gasteiger partial charge on any atom is -0.302 e. The van der Waals surface area contributed by atoms with Crippen LogP contribution in [0.2, 0.25) is 0 Å². The Morgan fingerprint density at radius 3 is 2.61 bits per heavy atom. The first-order valence-corrected chi connectivity index (χ1v) is 6.22. The van der Waals surface area contributed by atoms with Crippen LogP contribution in [0.3, 0.4) is 0 Å². The fourth-order valence-electron chi connectivity index (χ4n) is 2.25. The number of hydrogen-bond acceptors (Lipinski definition) is 2. The second-order valence-electron chi connectivity index (χ2n) is 4.64. The molecule has 2 rings (SSSR count). The Balaban J connectivity index is 2.36. The summed E-state index contributed by atoms with van der Waals surface area (Å²) < 4.78 is 13.9. The quantitative estimate of drug-likeness (QED) is 0.607. The maximum Gasteiger partial charge on any atom is 0.299 e. The van der Waals surface area contributed by atoms with E-state index in [2.05, 4.69) is 6.92 Å². The molecule has 0 spiro atoms. The van der Waals surface area contributed by atoms with Crippen LogP contribution in [0.25, 0.3) is 0 Å². The Kier molecular flexibility index (Phi) is 3.45. The van der Waals surface area contributed by atoms with E-state index in [9.17, 15) is 14.0 Å². The maximum atomic E-state index is 13.9. The summed E-state index contributed by atoms with van der Waals surface area (Å²) in [5.41, 5.74) is 1.02. The minimum absolute atomic E-state index is 0.159. The summed E-state index contributed by atoms with van der Waals surface area (Å²) in [4.78, 5) is 24.9. The lowest BCUT2D eigenvalue weighted by molar-refractivity contribution is -0.114. The third-order valence-corrected chi connectivity index (χ3v) is 3.15. The van der Waals surface area contributed by atoms with Crippen LogP contribution in [0.4, 0.5) is 10.1 Å². The average molecular weight is 249 g/mol. The number of carbonyl (C=O) groups excluding carboxylic acids is 2. The number of anilines is 1. The van der Waals surface area contributed by atoms with Crippen molar-refractivity contribution in [3.8, 4) is 0 Å². The van der Waals surface area contributed by atoms with Crippen molar-refractivity contribution in [2.75, 3.05) is 11.4 Å². The van der Waals surface area contributed by atoms with Gasteiger partial charge in [0.05, 0.1) is 11.3 Å². The number of hydrogen-bond donors (Lipinski definition) is 0. The van der Waals surface area contributed by atoms with E-state index in [1.54, 1.807) is 13.0 Å². The molecule has 0 unspecified atom stereocenters. The second-order valence-corrected chi connectivity index (χ2v) is 4.64. The number of Topliss-reactive ketones (excluding diaryl/α,β-unsaturated/α-hetero) is 1. The number of unbranched alkanes of at least 4 members (excludes halogenated alkanes) is 2. The smallest absolute Gasteiger partial charge is 0.299 e. The average Bonchev–Trinajstić information content (AvgIpc) is 2.55. The van der Waals surface area contributed by atoms with E-state index in [-0.39, 0.29) is 11.3 Å². The van der Waals surface area contributed by atoms with Gasteiger partial charge in [0.25, 0.3) is 11.7 Å². The predicted molar refractivity (Wildman–Crippen MR) is 67.3 cm³/mol. The lowest BCUT2D eigenvalue weighted by atomic mass is 10.1. The molecule has 1 aliphatic rings. The highest BCUT2D eigenvalue weighted by Gasteiger charge is 2.37. The first kappa shape index (κ1) is 12.7. The van der Waals surface area contributed by atoms with E-state index in [0.717, 1.165) is 19.3 Å². The summed E-state index contributed by atoms with van der Waals surface area (Å²) in [6, 6.07) is 2.94. The van der Waals surface area contributed by atoms with E-state index in [0.29, 0.717) is 12.1 Å². The van der Waals surface area contributed by atoms with Crippen LogP contribution >= 0.6 is 0 Å². The Hall–Kier alpha value is -1.71. The zero-order chi connectivity index (χ0) is 13.3. The van der Waals surface area contributed by atoms with Crippen LogP contribution in [0.5, 0.6) is 0 Å². The molecule has 0 aromatic heterocycles. The Bertz CT molecular complexity index is 511. The minimum atomic E-state index is -0.606. The Morgan fingerprint density at radius 1 is 1.22 bits per heavy atom. The van der Waals surface area contributed by atoms with Gasteiger partial charge >= 0.3 is 0 Å². The van der Waals surface area contributed by atoms with Crippen LogP contribution in [0, 0.1) is 12.7 Å². The van der Waals surface area contributed by atoms with Crippen molar-refractivity contribution >= 4 is 17.4 Å². The molecule has 1 aliphatic heterocycles. The van der Waals surface area contributed by atoms with Gasteiger partial charge < -0.3 is 4.90 Å². The van der Waals surface area contributed by atoms with E-state index < -0.39 is 17.5 Å². The third-order valence-electron chi connectivity index (χ3n) is 3.15. The highest BCUT2D eigenvalue weighted by atomic mass is 19.1. The van der Waals surface area contributed by atoms with Gasteiger partial charge in [-0.3, -0.25) is 9.59 Å². The number of aryl methyl sites for hydroxylation is 1. The molecular weight excluding hydrogens is 233 g/mol. The first-order valence-electron chi connectivity index (χ1n) is 6.22. The number of benzene rings is 1. The summed E-state index contributed by atoms with van der Waals surface area (Å²) in [6.45, 7) is 4.17. The molecule has 4 heteroatoms. The highest BCUT2D eigenvalue weighted by Crippen LogP contribution is 2.32. The van der Waals surface area contributed by atoms with Crippen molar-refractivity contribution in [1.82, 2.24) is 0 Å². The van der Waals surface area contributed by atoms with E-state index in [1.165, 1.54) is 11.0 Å². The number of nitrogens with zero attached hydrogens (tertiary/aromatic N) is 1. The monoisotopic (exact) mass is 249 g/mol. The number of fused-ring (bicyclic) bond motifs is 1. The Morgan fingerprint density at radius 2 is 1.94 bits per heavy atom. The van der Waals surface area contributed by atoms with Gasteiger partial charge in [-0.05, 0) is 31.0 Å². The zero-order valence-electron chi connectivity index (χ0n) is 10.6. The fraction of sp³-hybridized carbons (Fsp3) is 0.429. The number of ketones is 1. The van der Waals surface area contributed by atoms with Gasteiger partial charge in [-0.25, -0.2) is 4.39 Å². The van der Waals surface area contributed by atoms with E-state index in [4.69, 9.17) is 0 Å². The third kappa shape index (κ3) is 2.03. The topological polar surface area (TPSA) is 37.4 Å². The normalized spacial score (nSPS) is 14.3. The molecule has 0 saturated heterocycles. The summed E-state index contributed by atoms with van der Waals surface area (Å²) in [5, 5.41) is 0. The molecule has 0 atom stereocenters. The molecule has 1 amide bonds. The molecule has 0 bridgehead atoms. The van der Waals surface area contributed by atoms with Gasteiger partial charge in [-0.15, -0.1) is 0 Å². The maximum absolute atomic E-state index is 13.9. The van der Waals surface area contributed by atoms with Gasteiger partial charge in [0.15, 0.2) is 0 Å². The molecule has 96 valence electrons. The number of carbonyl (C=O) groups is 2. The van der Waals surface area contributed by atoms with Crippen LogP contribution in [0.1, 0.15) is 42.1 Å². The van der Waals surface area contributed by atoms with Crippen LogP contribution in [-0.2, 0) is 4.79 Å². The predicted octanol–water partition coefficient (Wildman–Crippen LogP) is 2.85. The van der Waals surface area contributed by atoms with Crippen molar-refractivity contribution in [3.05, 3.63) is 29.1 Å². The summed E-state index contributed by atoms with van der Waals surface area (Å²) in [6.07, 6.45) is 2.75. The van der Waals surface area contributed by atoms with Crippen molar-refractivity contribution < 1.29 is 14.0 Å². The van der Waals surface area contributed by atoms with Gasteiger partial charge in [0.1, 0.15) is 5.82 Å². The van der Waals surface area contributed by atoms with Gasteiger partial charge in [0.2, 0.25) is 0 Å². The molecule has 3 nitrogen and oxygen atoms in total. The van der Waals surface area contributed by atoms with Crippen LogP contribution in [0.15, 0.2) is 12.1 Å². The fourth-order valence-corrected chi connectivity index (χ4v) is 2.25. The number of rotatable bonds is 4. The van der Waals surface area contributed by atoms with Crippen LogP contribution < -0.4 is 4.90 Å². The molecule has 0 saturated carbocycles. The number of halogens is 1. The zero-order valence-corrected chi connectivity index (χ0v) is 10.6. The molecule has 0 radical (unpaired) electrons. The molecular formula is C14H16FNO2. The van der Waals surface area contributed by atoms with Gasteiger partial charge in [-0.1, -0.05) is 19.8 Å². The Labute approximate surface area is 106 Å². The second kappa shape index (κ2) is 4.88. The number of amides is 1. The molecule has 0 N–H and O–H groups in total. The van der Waals surface area contributed by atoms with Gasteiger partial charge in [-0.2, -0.15) is 0 Å². The largest absolute Gasteiger partial charge is 0.302 e. The first-order chi connectivity index (χ1) is 8.56.